The molecule has 1 aliphatic rings. The molecule has 1 unspecified atom stereocenters. The Morgan fingerprint density at radius 3 is 2.81 bits per heavy atom. The Bertz CT molecular complexity index is 767. The lowest BCUT2D eigenvalue weighted by Gasteiger charge is -2.32. The number of ether oxygens (including phenoxy) is 2. The maximum atomic E-state index is 12.9. The summed E-state index contributed by atoms with van der Waals surface area (Å²) in [5.74, 6) is 0.622. The summed E-state index contributed by atoms with van der Waals surface area (Å²) in [6.07, 6.45) is 6.10. The molecule has 0 radical (unpaired) electrons. The molecule has 7 heteroatoms. The molecule has 3 rings (SSSR count). The lowest BCUT2D eigenvalue weighted by Crippen LogP contribution is -2.44. The number of hydrogen-bond acceptors (Lipinski definition) is 5. The van der Waals surface area contributed by atoms with Crippen molar-refractivity contribution in [3.63, 3.8) is 0 Å². The highest BCUT2D eigenvalue weighted by atomic mass is 79.9. The molecule has 0 spiro atoms. The van der Waals surface area contributed by atoms with Crippen LogP contribution >= 0.6 is 15.9 Å². The van der Waals surface area contributed by atoms with Crippen LogP contribution in [0.5, 0.6) is 11.8 Å². The van der Waals surface area contributed by atoms with Gasteiger partial charge in [0.1, 0.15) is 11.9 Å². The van der Waals surface area contributed by atoms with Gasteiger partial charge in [0.25, 0.3) is 5.91 Å². The largest absolute Gasteiger partial charge is 0.497 e. The van der Waals surface area contributed by atoms with Crippen molar-refractivity contribution in [1.82, 2.24) is 14.9 Å². The second-order valence-corrected chi connectivity index (χ2v) is 7.06. The molecule has 1 aliphatic heterocycles. The number of aromatic nitrogens is 2. The molecular formula is C19H22BrN3O3. The van der Waals surface area contributed by atoms with E-state index in [1.807, 2.05) is 17.0 Å². The smallest absolute Gasteiger partial charge is 0.316 e. The quantitative estimate of drug-likeness (QED) is 0.741. The van der Waals surface area contributed by atoms with Crippen LogP contribution in [-0.4, -0.2) is 47.1 Å². The minimum atomic E-state index is -0.107. The van der Waals surface area contributed by atoms with E-state index >= 15 is 0 Å². The van der Waals surface area contributed by atoms with E-state index in [-0.39, 0.29) is 12.0 Å². The van der Waals surface area contributed by atoms with Gasteiger partial charge in [-0.05, 0) is 59.0 Å². The van der Waals surface area contributed by atoms with Crippen LogP contribution in [0.2, 0.25) is 0 Å². The van der Waals surface area contributed by atoms with Crippen molar-refractivity contribution in [3.05, 3.63) is 46.2 Å². The molecule has 1 fully saturated rings. The van der Waals surface area contributed by atoms with Gasteiger partial charge in [-0.2, -0.15) is 0 Å². The summed E-state index contributed by atoms with van der Waals surface area (Å²) in [4.78, 5) is 23.2. The number of benzene rings is 1. The molecule has 6 nitrogen and oxygen atoms in total. The first-order valence-electron chi connectivity index (χ1n) is 8.71. The van der Waals surface area contributed by atoms with Crippen LogP contribution in [0.3, 0.4) is 0 Å². The second kappa shape index (κ2) is 8.49. The third kappa shape index (κ3) is 4.33. The average molecular weight is 420 g/mol. The molecule has 26 heavy (non-hydrogen) atoms. The molecule has 1 saturated heterocycles. The maximum absolute atomic E-state index is 12.9. The lowest BCUT2D eigenvalue weighted by atomic mass is 10.1. The third-order valence-electron chi connectivity index (χ3n) is 4.43. The van der Waals surface area contributed by atoms with Crippen LogP contribution in [0.25, 0.3) is 0 Å². The number of carbonyl (C=O) groups is 1. The molecule has 2 aromatic rings. The lowest BCUT2D eigenvalue weighted by molar-refractivity contribution is 0.0514. The van der Waals surface area contributed by atoms with Gasteiger partial charge >= 0.3 is 6.01 Å². The highest BCUT2D eigenvalue weighted by molar-refractivity contribution is 9.10. The normalized spacial score (nSPS) is 17.0. The van der Waals surface area contributed by atoms with E-state index in [0.29, 0.717) is 30.4 Å². The third-order valence-corrected chi connectivity index (χ3v) is 5.12. The van der Waals surface area contributed by atoms with Crippen LogP contribution in [0.4, 0.5) is 0 Å². The molecule has 0 saturated carbocycles. The SMILES string of the molecule is CCc1cnc(OC2CCCN(C(=O)c3cc(OC)ccc3Br)C2)nc1. The second-order valence-electron chi connectivity index (χ2n) is 6.21. The Balaban J connectivity index is 1.68. The first-order valence-corrected chi connectivity index (χ1v) is 9.50. The predicted molar refractivity (Wildman–Crippen MR) is 102 cm³/mol. The zero-order valence-electron chi connectivity index (χ0n) is 14.9. The summed E-state index contributed by atoms with van der Waals surface area (Å²) < 4.78 is 11.9. The standard InChI is InChI=1S/C19H22BrN3O3/c1-3-13-10-21-19(22-11-13)26-15-5-4-8-23(12-15)18(24)16-9-14(25-2)6-7-17(16)20/h6-7,9-11,15H,3-5,8,12H2,1-2H3. The van der Waals surface area contributed by atoms with E-state index in [1.165, 1.54) is 0 Å². The maximum Gasteiger partial charge on any atom is 0.316 e. The highest BCUT2D eigenvalue weighted by Gasteiger charge is 2.27. The Kier molecular flexibility index (Phi) is 6.08. The summed E-state index contributed by atoms with van der Waals surface area (Å²) in [5.41, 5.74) is 1.66. The predicted octanol–water partition coefficient (Wildman–Crippen LogP) is 3.49. The number of piperidine rings is 1. The van der Waals surface area contributed by atoms with Gasteiger partial charge in [0, 0.05) is 23.4 Å². The summed E-state index contributed by atoms with van der Waals surface area (Å²) in [7, 11) is 1.59. The Morgan fingerprint density at radius 1 is 1.35 bits per heavy atom. The van der Waals surface area contributed by atoms with Crippen molar-refractivity contribution in [1.29, 1.82) is 0 Å². The number of rotatable bonds is 5. The zero-order chi connectivity index (χ0) is 18.5. The summed E-state index contributed by atoms with van der Waals surface area (Å²) in [6, 6.07) is 5.76. The van der Waals surface area contributed by atoms with Crippen LogP contribution in [-0.2, 0) is 6.42 Å². The fraction of sp³-hybridized carbons (Fsp3) is 0.421. The monoisotopic (exact) mass is 419 g/mol. The Morgan fingerprint density at radius 2 is 2.12 bits per heavy atom. The van der Waals surface area contributed by atoms with Gasteiger partial charge in [0.05, 0.1) is 19.2 Å². The topological polar surface area (TPSA) is 64.5 Å². The first kappa shape index (κ1) is 18.6. The molecule has 0 N–H and O–H groups in total. The number of halogens is 1. The number of likely N-dealkylation sites (tertiary alicyclic amines) is 1. The molecule has 2 heterocycles. The molecule has 1 atom stereocenters. The summed E-state index contributed by atoms with van der Waals surface area (Å²) in [5, 5.41) is 0. The van der Waals surface area contributed by atoms with Gasteiger partial charge < -0.3 is 14.4 Å². The van der Waals surface area contributed by atoms with Crippen molar-refractivity contribution >= 4 is 21.8 Å². The number of hydrogen-bond donors (Lipinski definition) is 0. The zero-order valence-corrected chi connectivity index (χ0v) is 16.5. The fourth-order valence-corrected chi connectivity index (χ4v) is 3.34. The van der Waals surface area contributed by atoms with Gasteiger partial charge in [-0.3, -0.25) is 4.79 Å². The summed E-state index contributed by atoms with van der Waals surface area (Å²) in [6.45, 7) is 3.28. The van der Waals surface area contributed by atoms with Crippen LogP contribution in [0, 0.1) is 0 Å². The van der Waals surface area contributed by atoms with Gasteiger partial charge in [-0.1, -0.05) is 6.92 Å². The van der Waals surface area contributed by atoms with E-state index in [4.69, 9.17) is 9.47 Å². The van der Waals surface area contributed by atoms with Gasteiger partial charge in [-0.25, -0.2) is 9.97 Å². The van der Waals surface area contributed by atoms with Crippen molar-refractivity contribution in [2.75, 3.05) is 20.2 Å². The van der Waals surface area contributed by atoms with Gasteiger partial charge in [0.15, 0.2) is 0 Å². The Labute approximate surface area is 161 Å². The van der Waals surface area contributed by atoms with Crippen LogP contribution < -0.4 is 9.47 Å². The number of nitrogens with zero attached hydrogens (tertiary/aromatic N) is 3. The van der Waals surface area contributed by atoms with Crippen molar-refractivity contribution in [2.24, 2.45) is 0 Å². The number of carbonyl (C=O) groups excluding carboxylic acids is 1. The molecule has 1 amide bonds. The molecule has 0 aliphatic carbocycles. The Hall–Kier alpha value is -2.15. The molecule has 1 aromatic carbocycles. The van der Waals surface area contributed by atoms with E-state index in [9.17, 15) is 4.79 Å². The molecular weight excluding hydrogens is 398 g/mol. The molecule has 1 aromatic heterocycles. The van der Waals surface area contributed by atoms with E-state index < -0.39 is 0 Å². The van der Waals surface area contributed by atoms with E-state index in [0.717, 1.165) is 29.3 Å². The number of aryl methyl sites for hydroxylation is 1. The first-order chi connectivity index (χ1) is 12.6. The van der Waals surface area contributed by atoms with E-state index in [2.05, 4.69) is 32.8 Å². The van der Waals surface area contributed by atoms with Crippen molar-refractivity contribution in [2.45, 2.75) is 32.3 Å². The minimum absolute atomic E-state index is 0.0358. The fourth-order valence-electron chi connectivity index (χ4n) is 2.92. The molecule has 138 valence electrons. The number of amides is 1. The van der Waals surface area contributed by atoms with Crippen LogP contribution in [0.15, 0.2) is 35.1 Å². The van der Waals surface area contributed by atoms with E-state index in [1.54, 1.807) is 25.6 Å². The van der Waals surface area contributed by atoms with Crippen molar-refractivity contribution in [3.8, 4) is 11.8 Å². The highest BCUT2D eigenvalue weighted by Crippen LogP contribution is 2.25. The van der Waals surface area contributed by atoms with Crippen molar-refractivity contribution < 1.29 is 14.3 Å². The average Bonchev–Trinajstić information content (AvgIpc) is 2.68. The minimum Gasteiger partial charge on any atom is -0.497 e. The van der Waals surface area contributed by atoms with Gasteiger partial charge in [0.2, 0.25) is 0 Å². The van der Waals surface area contributed by atoms with Gasteiger partial charge in [-0.15, -0.1) is 0 Å². The molecule has 0 bridgehead atoms. The van der Waals surface area contributed by atoms with Crippen LogP contribution in [0.1, 0.15) is 35.7 Å². The number of methoxy groups -OCH3 is 1. The summed E-state index contributed by atoms with van der Waals surface area (Å²) >= 11 is 3.45.